The van der Waals surface area contributed by atoms with Crippen LogP contribution in [0.4, 0.5) is 0 Å². The molecule has 2 heteroatoms. The van der Waals surface area contributed by atoms with Crippen LogP contribution in [0.5, 0.6) is 0 Å². The molecule has 0 radical (unpaired) electrons. The number of hydrogen-bond acceptors (Lipinski definition) is 1. The normalized spacial score (nSPS) is 9.00. The number of carboxylic acids is 1. The monoisotopic (exact) mass is 160 g/mol. The smallest absolute Gasteiger partial charge is 0.335 e. The lowest BCUT2D eigenvalue weighted by Gasteiger charge is -2.01. The van der Waals surface area contributed by atoms with E-state index < -0.39 is 5.97 Å². The maximum atomic E-state index is 10.6. The SMILES string of the molecule is C#Cc1cccc(C(=O)O)c1C. The largest absolute Gasteiger partial charge is 0.478 e. The first kappa shape index (κ1) is 8.35. The molecule has 0 aliphatic carbocycles. The summed E-state index contributed by atoms with van der Waals surface area (Å²) >= 11 is 0. The van der Waals surface area contributed by atoms with Crippen molar-refractivity contribution in [1.29, 1.82) is 0 Å². The first-order valence-corrected chi connectivity index (χ1v) is 3.46. The maximum Gasteiger partial charge on any atom is 0.335 e. The van der Waals surface area contributed by atoms with Gasteiger partial charge in [0.15, 0.2) is 0 Å². The number of benzene rings is 1. The van der Waals surface area contributed by atoms with Crippen molar-refractivity contribution in [2.45, 2.75) is 6.92 Å². The zero-order valence-corrected chi connectivity index (χ0v) is 6.66. The highest BCUT2D eigenvalue weighted by atomic mass is 16.4. The molecule has 0 atom stereocenters. The van der Waals surface area contributed by atoms with Crippen LogP contribution in [0, 0.1) is 19.3 Å². The molecule has 0 saturated carbocycles. The minimum absolute atomic E-state index is 0.269. The van der Waals surface area contributed by atoms with Gasteiger partial charge in [-0.1, -0.05) is 12.0 Å². The van der Waals surface area contributed by atoms with Crippen molar-refractivity contribution in [3.8, 4) is 12.3 Å². The summed E-state index contributed by atoms with van der Waals surface area (Å²) in [5.74, 6) is 1.49. The van der Waals surface area contributed by atoms with Gasteiger partial charge in [-0.05, 0) is 24.6 Å². The van der Waals surface area contributed by atoms with E-state index in [1.165, 1.54) is 0 Å². The molecule has 60 valence electrons. The van der Waals surface area contributed by atoms with E-state index in [9.17, 15) is 4.79 Å². The average Bonchev–Trinajstić information content (AvgIpc) is 2.04. The van der Waals surface area contributed by atoms with Gasteiger partial charge >= 0.3 is 5.97 Å². The van der Waals surface area contributed by atoms with Crippen LogP contribution in [0.15, 0.2) is 18.2 Å². The van der Waals surface area contributed by atoms with Crippen molar-refractivity contribution >= 4 is 5.97 Å². The van der Waals surface area contributed by atoms with Crippen molar-refractivity contribution in [1.82, 2.24) is 0 Å². The summed E-state index contributed by atoms with van der Waals surface area (Å²) in [4.78, 5) is 10.6. The molecule has 1 aromatic carbocycles. The van der Waals surface area contributed by atoms with E-state index in [-0.39, 0.29) is 5.56 Å². The van der Waals surface area contributed by atoms with Crippen LogP contribution in [0.2, 0.25) is 0 Å². The van der Waals surface area contributed by atoms with Gasteiger partial charge in [0.1, 0.15) is 0 Å². The van der Waals surface area contributed by atoms with E-state index in [2.05, 4.69) is 5.92 Å². The van der Waals surface area contributed by atoms with Crippen molar-refractivity contribution in [2.24, 2.45) is 0 Å². The van der Waals surface area contributed by atoms with Crippen molar-refractivity contribution in [3.05, 3.63) is 34.9 Å². The third kappa shape index (κ3) is 1.30. The Bertz CT molecular complexity index is 359. The van der Waals surface area contributed by atoms with Crippen LogP contribution in [-0.4, -0.2) is 11.1 Å². The minimum atomic E-state index is -0.940. The van der Waals surface area contributed by atoms with Gasteiger partial charge in [0.2, 0.25) is 0 Å². The highest BCUT2D eigenvalue weighted by Gasteiger charge is 2.07. The van der Waals surface area contributed by atoms with Gasteiger partial charge in [-0.3, -0.25) is 0 Å². The van der Waals surface area contributed by atoms with E-state index in [1.807, 2.05) is 0 Å². The molecule has 1 N–H and O–H groups in total. The third-order valence-corrected chi connectivity index (χ3v) is 1.72. The maximum absolute atomic E-state index is 10.6. The molecule has 1 aromatic rings. The molecule has 0 heterocycles. The third-order valence-electron chi connectivity index (χ3n) is 1.72. The molecule has 0 spiro atoms. The van der Waals surface area contributed by atoms with Gasteiger partial charge in [0.25, 0.3) is 0 Å². The van der Waals surface area contributed by atoms with E-state index in [4.69, 9.17) is 11.5 Å². The Kier molecular flexibility index (Phi) is 2.16. The second-order valence-electron chi connectivity index (χ2n) is 2.43. The Labute approximate surface area is 70.8 Å². The second kappa shape index (κ2) is 3.10. The van der Waals surface area contributed by atoms with Gasteiger partial charge in [-0.15, -0.1) is 6.42 Å². The van der Waals surface area contributed by atoms with Crippen LogP contribution in [0.3, 0.4) is 0 Å². The first-order valence-electron chi connectivity index (χ1n) is 3.46. The zero-order chi connectivity index (χ0) is 9.14. The quantitative estimate of drug-likeness (QED) is 0.634. The Hall–Kier alpha value is -1.75. The number of carbonyl (C=O) groups is 1. The van der Waals surface area contributed by atoms with Crippen LogP contribution in [-0.2, 0) is 0 Å². The first-order chi connectivity index (χ1) is 5.66. The molecule has 0 aliphatic heterocycles. The zero-order valence-electron chi connectivity index (χ0n) is 6.66. The van der Waals surface area contributed by atoms with Gasteiger partial charge in [0.05, 0.1) is 5.56 Å². The second-order valence-corrected chi connectivity index (χ2v) is 2.43. The summed E-state index contributed by atoms with van der Waals surface area (Å²) in [6.45, 7) is 1.71. The molecule has 0 aromatic heterocycles. The molecular weight excluding hydrogens is 152 g/mol. The molecule has 12 heavy (non-hydrogen) atoms. The van der Waals surface area contributed by atoms with Crippen molar-refractivity contribution in [2.75, 3.05) is 0 Å². The lowest BCUT2D eigenvalue weighted by Crippen LogP contribution is -2.00. The predicted molar refractivity (Wildman–Crippen MR) is 46.1 cm³/mol. The number of aromatic carboxylic acids is 1. The Morgan fingerprint density at radius 1 is 1.58 bits per heavy atom. The van der Waals surface area contributed by atoms with Crippen LogP contribution in [0.1, 0.15) is 21.5 Å². The molecule has 0 fully saturated rings. The molecular formula is C10H8O2. The summed E-state index contributed by atoms with van der Waals surface area (Å²) in [6.07, 6.45) is 5.18. The van der Waals surface area contributed by atoms with E-state index in [0.717, 1.165) is 0 Å². The Morgan fingerprint density at radius 2 is 2.25 bits per heavy atom. The molecule has 0 unspecified atom stereocenters. The lowest BCUT2D eigenvalue weighted by atomic mass is 10.0. The molecule has 2 nitrogen and oxygen atoms in total. The average molecular weight is 160 g/mol. The van der Waals surface area contributed by atoms with Gasteiger partial charge in [0, 0.05) is 5.56 Å². The fraction of sp³-hybridized carbons (Fsp3) is 0.100. The van der Waals surface area contributed by atoms with E-state index >= 15 is 0 Å². The van der Waals surface area contributed by atoms with Gasteiger partial charge in [-0.2, -0.15) is 0 Å². The fourth-order valence-electron chi connectivity index (χ4n) is 1.02. The summed E-state index contributed by atoms with van der Waals surface area (Å²) in [6, 6.07) is 4.91. The lowest BCUT2D eigenvalue weighted by molar-refractivity contribution is 0.0696. The number of terminal acetylenes is 1. The number of carboxylic acid groups (broad SMARTS) is 1. The summed E-state index contributed by atoms with van der Waals surface area (Å²) in [5, 5.41) is 8.72. The van der Waals surface area contributed by atoms with Gasteiger partial charge < -0.3 is 5.11 Å². The van der Waals surface area contributed by atoms with E-state index in [1.54, 1.807) is 25.1 Å². The van der Waals surface area contributed by atoms with Crippen LogP contribution >= 0.6 is 0 Å². The molecule has 0 bridgehead atoms. The summed E-state index contributed by atoms with van der Waals surface area (Å²) in [7, 11) is 0. The van der Waals surface area contributed by atoms with Crippen LogP contribution in [0.25, 0.3) is 0 Å². The highest BCUT2D eigenvalue weighted by Crippen LogP contribution is 2.12. The predicted octanol–water partition coefficient (Wildman–Crippen LogP) is 1.67. The number of hydrogen-bond donors (Lipinski definition) is 1. The Morgan fingerprint density at radius 3 is 2.75 bits per heavy atom. The summed E-state index contributed by atoms with van der Waals surface area (Å²) in [5.41, 5.74) is 1.55. The standard InChI is InChI=1S/C10H8O2/c1-3-8-5-4-6-9(7(8)2)10(11)12/h1,4-6H,2H3,(H,11,12). The molecule has 0 amide bonds. The Balaban J connectivity index is 3.35. The highest BCUT2D eigenvalue weighted by molar-refractivity contribution is 5.90. The summed E-state index contributed by atoms with van der Waals surface area (Å²) < 4.78 is 0. The minimum Gasteiger partial charge on any atom is -0.478 e. The fourth-order valence-corrected chi connectivity index (χ4v) is 1.02. The van der Waals surface area contributed by atoms with Crippen molar-refractivity contribution < 1.29 is 9.90 Å². The van der Waals surface area contributed by atoms with Crippen LogP contribution < -0.4 is 0 Å². The van der Waals surface area contributed by atoms with Gasteiger partial charge in [-0.25, -0.2) is 4.79 Å². The molecule has 0 aliphatic rings. The van der Waals surface area contributed by atoms with Crippen molar-refractivity contribution in [3.63, 3.8) is 0 Å². The molecule has 1 rings (SSSR count). The topological polar surface area (TPSA) is 37.3 Å². The number of rotatable bonds is 1. The van der Waals surface area contributed by atoms with E-state index in [0.29, 0.717) is 11.1 Å². The molecule has 0 saturated heterocycles.